The minimum absolute atomic E-state index is 0.102. The lowest BCUT2D eigenvalue weighted by atomic mass is 10.1. The lowest BCUT2D eigenvalue weighted by Gasteiger charge is -2.20. The van der Waals surface area contributed by atoms with E-state index >= 15 is 0 Å². The number of nitrogens with zero attached hydrogens (tertiary/aromatic N) is 1. The molecule has 7 heteroatoms. The first-order valence-corrected chi connectivity index (χ1v) is 5.48. The molecule has 0 saturated heterocycles. The van der Waals surface area contributed by atoms with E-state index in [1.54, 1.807) is 0 Å². The van der Waals surface area contributed by atoms with Gasteiger partial charge in [-0.1, -0.05) is 0 Å². The van der Waals surface area contributed by atoms with Gasteiger partial charge >= 0.3 is 0 Å². The molecule has 0 fully saturated rings. The van der Waals surface area contributed by atoms with E-state index in [9.17, 15) is 23.1 Å². The fraction of sp³-hybridized carbons (Fsp3) is 0.417. The molecule has 0 spiro atoms. The van der Waals surface area contributed by atoms with Crippen LogP contribution >= 0.6 is 0 Å². The minimum Gasteiger partial charge on any atom is -0.394 e. The molecule has 1 aromatic carbocycles. The standard InChI is InChI=1S/C12H14F3NO3/c1-16(5-8(18)6-17)12(19)7-2-3-9(11(14)15)10(13)4-7/h2-4,8,11,17-18H,5-6H2,1H3/t8-/m0/s1. The SMILES string of the molecule is CN(C[C@H](O)CO)C(=O)c1ccc(C(F)F)c(F)c1. The molecule has 19 heavy (non-hydrogen) atoms. The second-order valence-corrected chi connectivity index (χ2v) is 4.06. The summed E-state index contributed by atoms with van der Waals surface area (Å²) in [5, 5.41) is 17.8. The molecule has 0 aliphatic rings. The number of carbonyl (C=O) groups is 1. The van der Waals surface area contributed by atoms with E-state index in [1.165, 1.54) is 7.05 Å². The smallest absolute Gasteiger partial charge is 0.266 e. The van der Waals surface area contributed by atoms with E-state index < -0.39 is 36.4 Å². The van der Waals surface area contributed by atoms with Crippen LogP contribution in [0.2, 0.25) is 0 Å². The third-order valence-corrected chi connectivity index (χ3v) is 2.52. The van der Waals surface area contributed by atoms with E-state index in [-0.39, 0.29) is 12.1 Å². The van der Waals surface area contributed by atoms with Crippen molar-refractivity contribution in [3.8, 4) is 0 Å². The van der Waals surface area contributed by atoms with Crippen LogP contribution in [0.15, 0.2) is 18.2 Å². The number of hydrogen-bond donors (Lipinski definition) is 2. The molecule has 1 rings (SSSR count). The molecule has 2 N–H and O–H groups in total. The van der Waals surface area contributed by atoms with Crippen molar-refractivity contribution in [2.45, 2.75) is 12.5 Å². The Morgan fingerprint density at radius 1 is 1.42 bits per heavy atom. The second kappa shape index (κ2) is 6.53. The zero-order valence-corrected chi connectivity index (χ0v) is 10.2. The molecule has 1 amide bonds. The number of alkyl halides is 2. The Morgan fingerprint density at radius 2 is 2.05 bits per heavy atom. The predicted octanol–water partition coefficient (Wildman–Crippen LogP) is 1.19. The Kier molecular flexibility index (Phi) is 5.31. The fourth-order valence-electron chi connectivity index (χ4n) is 1.51. The zero-order valence-electron chi connectivity index (χ0n) is 10.2. The molecule has 106 valence electrons. The van der Waals surface area contributed by atoms with Gasteiger partial charge in [-0.3, -0.25) is 4.79 Å². The molecule has 0 radical (unpaired) electrons. The van der Waals surface area contributed by atoms with E-state index in [0.29, 0.717) is 0 Å². The Hall–Kier alpha value is -1.60. The average Bonchev–Trinajstić information content (AvgIpc) is 2.36. The maximum Gasteiger partial charge on any atom is 0.266 e. The highest BCUT2D eigenvalue weighted by molar-refractivity contribution is 5.94. The van der Waals surface area contributed by atoms with Gasteiger partial charge in [-0.2, -0.15) is 0 Å². The van der Waals surface area contributed by atoms with Gasteiger partial charge in [0, 0.05) is 19.2 Å². The van der Waals surface area contributed by atoms with Crippen LogP contribution in [0.5, 0.6) is 0 Å². The van der Waals surface area contributed by atoms with E-state index in [0.717, 1.165) is 23.1 Å². The number of carbonyl (C=O) groups excluding carboxylic acids is 1. The van der Waals surface area contributed by atoms with Gasteiger partial charge in [0.25, 0.3) is 12.3 Å². The highest BCUT2D eigenvalue weighted by atomic mass is 19.3. The summed E-state index contributed by atoms with van der Waals surface area (Å²) in [7, 11) is 1.35. The van der Waals surface area contributed by atoms with Crippen molar-refractivity contribution in [1.29, 1.82) is 0 Å². The van der Waals surface area contributed by atoms with Crippen molar-refractivity contribution in [2.75, 3.05) is 20.2 Å². The molecule has 0 aromatic heterocycles. The van der Waals surface area contributed by atoms with Gasteiger partial charge in [-0.05, 0) is 18.2 Å². The summed E-state index contributed by atoms with van der Waals surface area (Å²) in [5.74, 6) is -1.79. The quantitative estimate of drug-likeness (QED) is 0.850. The number of hydrogen-bond acceptors (Lipinski definition) is 3. The van der Waals surface area contributed by atoms with Crippen LogP contribution in [0.25, 0.3) is 0 Å². The van der Waals surface area contributed by atoms with Crippen LogP contribution in [0.4, 0.5) is 13.2 Å². The molecular weight excluding hydrogens is 263 g/mol. The summed E-state index contributed by atoms with van der Waals surface area (Å²) in [6.07, 6.45) is -4.06. The molecule has 0 aliphatic heterocycles. The van der Waals surface area contributed by atoms with Gasteiger partial charge in [-0.25, -0.2) is 13.2 Å². The third kappa shape index (κ3) is 3.93. The molecular formula is C12H14F3NO3. The molecule has 0 aliphatic carbocycles. The monoisotopic (exact) mass is 277 g/mol. The van der Waals surface area contributed by atoms with Crippen molar-refractivity contribution in [1.82, 2.24) is 4.90 Å². The number of likely N-dealkylation sites (N-methyl/N-ethyl adjacent to an activating group) is 1. The van der Waals surface area contributed by atoms with Crippen molar-refractivity contribution in [3.63, 3.8) is 0 Å². The Balaban J connectivity index is 2.86. The number of benzene rings is 1. The Morgan fingerprint density at radius 3 is 2.53 bits per heavy atom. The average molecular weight is 277 g/mol. The van der Waals surface area contributed by atoms with E-state index in [4.69, 9.17) is 5.11 Å². The first-order chi connectivity index (χ1) is 8.86. The Labute approximate surface area is 108 Å². The van der Waals surface area contributed by atoms with Gasteiger partial charge < -0.3 is 15.1 Å². The summed E-state index contributed by atoms with van der Waals surface area (Å²) in [5.41, 5.74) is -0.871. The first-order valence-electron chi connectivity index (χ1n) is 5.48. The maximum absolute atomic E-state index is 13.3. The molecule has 0 heterocycles. The first kappa shape index (κ1) is 15.5. The highest BCUT2D eigenvalue weighted by Gasteiger charge is 2.19. The van der Waals surface area contributed by atoms with Crippen molar-refractivity contribution < 1.29 is 28.2 Å². The molecule has 1 atom stereocenters. The second-order valence-electron chi connectivity index (χ2n) is 4.06. The lowest BCUT2D eigenvalue weighted by Crippen LogP contribution is -2.35. The summed E-state index contributed by atoms with van der Waals surface area (Å²) >= 11 is 0. The van der Waals surface area contributed by atoms with Gasteiger partial charge in [0.1, 0.15) is 5.82 Å². The number of halogens is 3. The van der Waals surface area contributed by atoms with Crippen LogP contribution in [0, 0.1) is 5.82 Å². The highest BCUT2D eigenvalue weighted by Crippen LogP contribution is 2.23. The summed E-state index contributed by atoms with van der Waals surface area (Å²) in [4.78, 5) is 12.9. The van der Waals surface area contributed by atoms with Gasteiger partial charge in [0.15, 0.2) is 0 Å². The number of aliphatic hydroxyl groups excluding tert-OH is 2. The summed E-state index contributed by atoms with van der Waals surface area (Å²) in [6, 6.07) is 2.67. The number of amides is 1. The summed E-state index contributed by atoms with van der Waals surface area (Å²) < 4.78 is 38.0. The van der Waals surface area contributed by atoms with Crippen molar-refractivity contribution in [3.05, 3.63) is 35.1 Å². The van der Waals surface area contributed by atoms with Crippen LogP contribution in [-0.4, -0.2) is 47.3 Å². The predicted molar refractivity (Wildman–Crippen MR) is 61.4 cm³/mol. The number of rotatable bonds is 5. The van der Waals surface area contributed by atoms with Crippen LogP contribution in [0.1, 0.15) is 22.3 Å². The van der Waals surface area contributed by atoms with Crippen LogP contribution in [0.3, 0.4) is 0 Å². The zero-order chi connectivity index (χ0) is 14.6. The van der Waals surface area contributed by atoms with Gasteiger partial charge in [-0.15, -0.1) is 0 Å². The lowest BCUT2D eigenvalue weighted by molar-refractivity contribution is 0.0519. The van der Waals surface area contributed by atoms with Crippen LogP contribution < -0.4 is 0 Å². The summed E-state index contributed by atoms with van der Waals surface area (Å²) in [6.45, 7) is -0.663. The normalized spacial score (nSPS) is 12.6. The minimum atomic E-state index is -2.95. The molecule has 0 unspecified atom stereocenters. The molecule has 0 saturated carbocycles. The maximum atomic E-state index is 13.3. The Bertz CT molecular complexity index is 454. The largest absolute Gasteiger partial charge is 0.394 e. The van der Waals surface area contributed by atoms with Crippen molar-refractivity contribution in [2.24, 2.45) is 0 Å². The fourth-order valence-corrected chi connectivity index (χ4v) is 1.51. The van der Waals surface area contributed by atoms with Crippen LogP contribution in [-0.2, 0) is 0 Å². The number of aliphatic hydroxyl groups is 2. The van der Waals surface area contributed by atoms with Gasteiger partial charge in [0.05, 0.1) is 18.3 Å². The molecule has 0 bridgehead atoms. The van der Waals surface area contributed by atoms with E-state index in [2.05, 4.69) is 0 Å². The van der Waals surface area contributed by atoms with Gasteiger partial charge in [0.2, 0.25) is 0 Å². The van der Waals surface area contributed by atoms with E-state index in [1.807, 2.05) is 0 Å². The topological polar surface area (TPSA) is 60.8 Å². The van der Waals surface area contributed by atoms with Crippen molar-refractivity contribution >= 4 is 5.91 Å². The molecule has 4 nitrogen and oxygen atoms in total. The molecule has 1 aromatic rings. The third-order valence-electron chi connectivity index (χ3n) is 2.52.